The van der Waals surface area contributed by atoms with Crippen molar-refractivity contribution in [2.45, 2.75) is 33.1 Å². The molecule has 1 rings (SSSR count). The number of carbonyl (C=O) groups is 1. The Morgan fingerprint density at radius 3 is 2.29 bits per heavy atom. The summed E-state index contributed by atoms with van der Waals surface area (Å²) in [6, 6.07) is 3.74. The molecule has 2 nitrogen and oxygen atoms in total. The van der Waals surface area contributed by atoms with Crippen LogP contribution in [0.2, 0.25) is 0 Å². The van der Waals surface area contributed by atoms with E-state index in [1.54, 1.807) is 6.92 Å². The van der Waals surface area contributed by atoms with Crippen molar-refractivity contribution in [1.82, 2.24) is 0 Å². The number of rotatable bonds is 1. The van der Waals surface area contributed by atoms with Crippen LogP contribution >= 0.6 is 0 Å². The first-order chi connectivity index (χ1) is 6.38. The first kappa shape index (κ1) is 10.8. The van der Waals surface area contributed by atoms with Crippen LogP contribution in [0.1, 0.15) is 42.3 Å². The Labute approximate surface area is 84.6 Å². The summed E-state index contributed by atoms with van der Waals surface area (Å²) < 4.78 is 0. The van der Waals surface area contributed by atoms with E-state index < -0.39 is 0 Å². The van der Waals surface area contributed by atoms with Crippen LogP contribution in [0.15, 0.2) is 12.1 Å². The number of benzene rings is 1. The molecule has 1 aromatic rings. The third-order valence-corrected chi connectivity index (χ3v) is 2.34. The van der Waals surface area contributed by atoms with E-state index in [0.29, 0.717) is 5.56 Å². The number of phenolic OH excluding ortho intramolecular Hbond substituents is 1. The zero-order chi connectivity index (χ0) is 10.9. The van der Waals surface area contributed by atoms with Crippen LogP contribution in [0.5, 0.6) is 5.75 Å². The zero-order valence-electron chi connectivity index (χ0n) is 9.09. The van der Waals surface area contributed by atoms with Gasteiger partial charge in [-0.3, -0.25) is 4.79 Å². The van der Waals surface area contributed by atoms with E-state index in [4.69, 9.17) is 0 Å². The van der Waals surface area contributed by atoms with Crippen LogP contribution in [0.25, 0.3) is 0 Å². The number of hydrogen-bond donors (Lipinski definition) is 1. The number of aldehydes is 1. The Kier molecular flexibility index (Phi) is 2.65. The fraction of sp³-hybridized carbons (Fsp3) is 0.417. The highest BCUT2D eigenvalue weighted by Crippen LogP contribution is 2.31. The smallest absolute Gasteiger partial charge is 0.154 e. The molecule has 1 aromatic carbocycles. The Bertz CT molecular complexity index is 359. The number of aryl methyl sites for hydroxylation is 1. The number of phenols is 1. The van der Waals surface area contributed by atoms with Crippen molar-refractivity contribution in [3.8, 4) is 5.75 Å². The Morgan fingerprint density at radius 1 is 1.29 bits per heavy atom. The molecule has 0 bridgehead atoms. The first-order valence-electron chi connectivity index (χ1n) is 4.66. The van der Waals surface area contributed by atoms with E-state index in [9.17, 15) is 9.90 Å². The van der Waals surface area contributed by atoms with E-state index in [1.807, 2.05) is 32.9 Å². The molecule has 0 aliphatic heterocycles. The molecular weight excluding hydrogens is 176 g/mol. The maximum atomic E-state index is 10.9. The summed E-state index contributed by atoms with van der Waals surface area (Å²) in [6.45, 7) is 7.84. The molecule has 0 aromatic heterocycles. The number of hydrogen-bond acceptors (Lipinski definition) is 2. The van der Waals surface area contributed by atoms with Gasteiger partial charge in [0.2, 0.25) is 0 Å². The fourth-order valence-corrected chi connectivity index (χ4v) is 1.49. The quantitative estimate of drug-likeness (QED) is 0.695. The van der Waals surface area contributed by atoms with Crippen molar-refractivity contribution in [1.29, 1.82) is 0 Å². The van der Waals surface area contributed by atoms with Crippen molar-refractivity contribution in [2.24, 2.45) is 0 Å². The molecule has 0 heterocycles. The summed E-state index contributed by atoms with van der Waals surface area (Å²) in [6.07, 6.45) is 0.725. The Balaban J connectivity index is 3.47. The third kappa shape index (κ3) is 1.79. The third-order valence-electron chi connectivity index (χ3n) is 2.34. The standard InChI is InChI=1S/C12H16O2/c1-8-5-6-10(12(2,3)4)9(7-13)11(8)14/h5-7,14H,1-4H3. The van der Waals surface area contributed by atoms with Gasteiger partial charge in [-0.2, -0.15) is 0 Å². The topological polar surface area (TPSA) is 37.3 Å². The molecule has 2 heteroatoms. The minimum atomic E-state index is -0.124. The predicted octanol–water partition coefficient (Wildman–Crippen LogP) is 2.81. The van der Waals surface area contributed by atoms with Crippen LogP contribution < -0.4 is 0 Å². The fourth-order valence-electron chi connectivity index (χ4n) is 1.49. The van der Waals surface area contributed by atoms with Gasteiger partial charge in [-0.1, -0.05) is 32.9 Å². The van der Waals surface area contributed by atoms with E-state index >= 15 is 0 Å². The molecule has 14 heavy (non-hydrogen) atoms. The molecule has 0 aliphatic rings. The highest BCUT2D eigenvalue weighted by molar-refractivity contribution is 5.83. The van der Waals surface area contributed by atoms with Gasteiger partial charge in [-0.25, -0.2) is 0 Å². The average molecular weight is 192 g/mol. The molecule has 76 valence electrons. The summed E-state index contributed by atoms with van der Waals surface area (Å²) in [5, 5.41) is 9.71. The van der Waals surface area contributed by atoms with E-state index in [0.717, 1.165) is 17.4 Å². The van der Waals surface area contributed by atoms with Gasteiger partial charge in [-0.15, -0.1) is 0 Å². The molecule has 0 spiro atoms. The van der Waals surface area contributed by atoms with Crippen molar-refractivity contribution >= 4 is 6.29 Å². The van der Waals surface area contributed by atoms with Crippen LogP contribution in [-0.2, 0) is 5.41 Å². The van der Waals surface area contributed by atoms with Gasteiger partial charge in [0.25, 0.3) is 0 Å². The highest BCUT2D eigenvalue weighted by Gasteiger charge is 2.20. The maximum Gasteiger partial charge on any atom is 0.154 e. The molecule has 0 unspecified atom stereocenters. The molecule has 0 saturated heterocycles. The summed E-state index contributed by atoms with van der Waals surface area (Å²) in [5.74, 6) is 0.104. The van der Waals surface area contributed by atoms with Crippen LogP contribution in [0.3, 0.4) is 0 Å². The highest BCUT2D eigenvalue weighted by atomic mass is 16.3. The van der Waals surface area contributed by atoms with Crippen molar-refractivity contribution in [2.75, 3.05) is 0 Å². The molecule has 0 saturated carbocycles. The second-order valence-corrected chi connectivity index (χ2v) is 4.56. The minimum Gasteiger partial charge on any atom is -0.507 e. The van der Waals surface area contributed by atoms with Gasteiger partial charge in [0.05, 0.1) is 5.56 Å². The average Bonchev–Trinajstić information content (AvgIpc) is 2.07. The summed E-state index contributed by atoms with van der Waals surface area (Å²) in [7, 11) is 0. The molecule has 0 aliphatic carbocycles. The summed E-state index contributed by atoms with van der Waals surface area (Å²) in [4.78, 5) is 10.9. The largest absolute Gasteiger partial charge is 0.507 e. The Hall–Kier alpha value is -1.31. The second kappa shape index (κ2) is 3.45. The predicted molar refractivity (Wildman–Crippen MR) is 56.9 cm³/mol. The first-order valence-corrected chi connectivity index (χ1v) is 4.66. The normalized spacial score (nSPS) is 11.4. The van der Waals surface area contributed by atoms with E-state index in [2.05, 4.69) is 0 Å². The van der Waals surface area contributed by atoms with Crippen molar-refractivity contribution in [3.63, 3.8) is 0 Å². The molecule has 0 amide bonds. The van der Waals surface area contributed by atoms with Gasteiger partial charge in [-0.05, 0) is 23.5 Å². The molecular formula is C12H16O2. The maximum absolute atomic E-state index is 10.9. The van der Waals surface area contributed by atoms with Gasteiger partial charge in [0.1, 0.15) is 5.75 Å². The molecule has 1 N–H and O–H groups in total. The van der Waals surface area contributed by atoms with Gasteiger partial charge in [0, 0.05) is 0 Å². The molecule has 0 fully saturated rings. The minimum absolute atomic E-state index is 0.104. The van der Waals surface area contributed by atoms with Gasteiger partial charge < -0.3 is 5.11 Å². The zero-order valence-corrected chi connectivity index (χ0v) is 9.09. The van der Waals surface area contributed by atoms with Crippen LogP contribution in [-0.4, -0.2) is 11.4 Å². The van der Waals surface area contributed by atoms with Crippen molar-refractivity contribution < 1.29 is 9.90 Å². The van der Waals surface area contributed by atoms with Gasteiger partial charge in [0.15, 0.2) is 6.29 Å². The monoisotopic (exact) mass is 192 g/mol. The Morgan fingerprint density at radius 2 is 1.86 bits per heavy atom. The van der Waals surface area contributed by atoms with E-state index in [-0.39, 0.29) is 11.2 Å². The summed E-state index contributed by atoms with van der Waals surface area (Å²) in [5.41, 5.74) is 1.91. The molecule has 0 radical (unpaired) electrons. The van der Waals surface area contributed by atoms with Crippen LogP contribution in [0.4, 0.5) is 0 Å². The lowest BCUT2D eigenvalue weighted by molar-refractivity contribution is 0.111. The number of aromatic hydroxyl groups is 1. The lowest BCUT2D eigenvalue weighted by Crippen LogP contribution is -2.14. The second-order valence-electron chi connectivity index (χ2n) is 4.56. The van der Waals surface area contributed by atoms with Crippen molar-refractivity contribution in [3.05, 3.63) is 28.8 Å². The van der Waals surface area contributed by atoms with E-state index in [1.165, 1.54) is 0 Å². The molecule has 0 atom stereocenters. The SMILES string of the molecule is Cc1ccc(C(C)(C)C)c(C=O)c1O. The van der Waals surface area contributed by atoms with Gasteiger partial charge >= 0.3 is 0 Å². The lowest BCUT2D eigenvalue weighted by Gasteiger charge is -2.22. The van der Waals surface area contributed by atoms with Crippen LogP contribution in [0, 0.1) is 6.92 Å². The lowest BCUT2D eigenvalue weighted by atomic mass is 9.83. The number of carbonyl (C=O) groups excluding carboxylic acids is 1. The summed E-state index contributed by atoms with van der Waals surface area (Å²) >= 11 is 0.